The summed E-state index contributed by atoms with van der Waals surface area (Å²) in [4.78, 5) is 12.7. The van der Waals surface area contributed by atoms with Gasteiger partial charge in [0.1, 0.15) is 0 Å². The molecule has 0 unspecified atom stereocenters. The smallest absolute Gasteiger partial charge is 0.223 e. The minimum Gasteiger partial charge on any atom is -0.354 e. The summed E-state index contributed by atoms with van der Waals surface area (Å²) in [5.74, 6) is 5.43. The predicted octanol–water partition coefficient (Wildman–Crippen LogP) is 6.74. The highest BCUT2D eigenvalue weighted by molar-refractivity contribution is 5.79. The Labute approximate surface area is 209 Å². The zero-order valence-electron chi connectivity index (χ0n) is 22.7. The van der Waals surface area contributed by atoms with Gasteiger partial charge < -0.3 is 10.5 Å². The number of rotatable bonds is 9. The van der Waals surface area contributed by atoms with Crippen LogP contribution in [0.25, 0.3) is 0 Å². The maximum absolute atomic E-state index is 12.7. The first-order valence-corrected chi connectivity index (χ1v) is 14.5. The van der Waals surface area contributed by atoms with Crippen LogP contribution in [-0.4, -0.2) is 24.2 Å². The summed E-state index contributed by atoms with van der Waals surface area (Å²) >= 11 is 0. The molecule has 3 N–H and O–H groups in total. The second kappa shape index (κ2) is 10.6. The fourth-order valence-corrected chi connectivity index (χ4v) is 9.30. The highest BCUT2D eigenvalue weighted by Crippen LogP contribution is 2.67. The lowest BCUT2D eigenvalue weighted by Gasteiger charge is -2.58. The molecule has 0 radical (unpaired) electrons. The van der Waals surface area contributed by atoms with E-state index in [1.807, 2.05) is 0 Å². The molecule has 4 aliphatic rings. The van der Waals surface area contributed by atoms with Crippen molar-refractivity contribution in [2.24, 2.45) is 52.3 Å². The van der Waals surface area contributed by atoms with E-state index in [2.05, 4.69) is 51.5 Å². The van der Waals surface area contributed by atoms with Crippen LogP contribution in [0.1, 0.15) is 105 Å². The van der Waals surface area contributed by atoms with E-state index >= 15 is 0 Å². The van der Waals surface area contributed by atoms with Crippen LogP contribution in [0.15, 0.2) is 11.6 Å². The molecular formula is C30H52N2O2. The van der Waals surface area contributed by atoms with Gasteiger partial charge in [0.05, 0.1) is 0 Å². The summed E-state index contributed by atoms with van der Waals surface area (Å²) < 4.78 is 0. The topological polar surface area (TPSA) is 61.4 Å². The van der Waals surface area contributed by atoms with Crippen molar-refractivity contribution in [2.75, 3.05) is 13.1 Å². The summed E-state index contributed by atoms with van der Waals surface area (Å²) in [5.41, 5.74) is 4.55. The summed E-state index contributed by atoms with van der Waals surface area (Å²) in [6.45, 7) is 13.4. The molecule has 1 amide bonds. The molecule has 0 aromatic heterocycles. The van der Waals surface area contributed by atoms with E-state index in [0.29, 0.717) is 23.9 Å². The molecule has 8 atom stereocenters. The van der Waals surface area contributed by atoms with Gasteiger partial charge in [-0.05, 0) is 97.7 Å². The minimum absolute atomic E-state index is 0.103. The number of allylic oxidation sites excluding steroid dienone is 2. The summed E-state index contributed by atoms with van der Waals surface area (Å²) in [6.07, 6.45) is 16.8. The van der Waals surface area contributed by atoms with E-state index in [4.69, 9.17) is 5.21 Å². The Kier molecular flexibility index (Phi) is 8.19. The lowest BCUT2D eigenvalue weighted by Crippen LogP contribution is -2.51. The van der Waals surface area contributed by atoms with Gasteiger partial charge in [0.15, 0.2) is 0 Å². The number of hydrogen-bond donors (Lipinski definition) is 3. The first-order chi connectivity index (χ1) is 16.2. The van der Waals surface area contributed by atoms with E-state index in [-0.39, 0.29) is 11.8 Å². The van der Waals surface area contributed by atoms with Crippen LogP contribution in [0, 0.1) is 52.3 Å². The van der Waals surface area contributed by atoms with E-state index in [9.17, 15) is 4.79 Å². The fraction of sp³-hybridized carbons (Fsp3) is 0.900. The quantitative estimate of drug-likeness (QED) is 0.198. The molecule has 4 rings (SSSR count). The maximum Gasteiger partial charge on any atom is 0.223 e. The van der Waals surface area contributed by atoms with Crippen molar-refractivity contribution < 1.29 is 10.0 Å². The van der Waals surface area contributed by atoms with Crippen molar-refractivity contribution in [2.45, 2.75) is 105 Å². The monoisotopic (exact) mass is 472 g/mol. The minimum atomic E-state index is 0.103. The first-order valence-electron chi connectivity index (χ1n) is 14.5. The molecule has 4 heteroatoms. The van der Waals surface area contributed by atoms with Crippen LogP contribution in [0.3, 0.4) is 0 Å². The van der Waals surface area contributed by atoms with Crippen molar-refractivity contribution >= 4 is 5.91 Å². The summed E-state index contributed by atoms with van der Waals surface area (Å²) in [7, 11) is 0. The molecule has 4 aliphatic carbocycles. The Bertz CT molecular complexity index is 748. The molecular weight excluding hydrogens is 420 g/mol. The van der Waals surface area contributed by atoms with Crippen molar-refractivity contribution in [3.63, 3.8) is 0 Å². The van der Waals surface area contributed by atoms with Crippen LogP contribution in [0.4, 0.5) is 0 Å². The molecule has 0 aliphatic heterocycles. The average Bonchev–Trinajstić information content (AvgIpc) is 3.15. The van der Waals surface area contributed by atoms with Crippen LogP contribution in [0.2, 0.25) is 0 Å². The largest absolute Gasteiger partial charge is 0.354 e. The molecule has 194 valence electrons. The summed E-state index contributed by atoms with van der Waals surface area (Å²) in [6, 6.07) is 0. The second-order valence-corrected chi connectivity index (χ2v) is 13.4. The zero-order valence-corrected chi connectivity index (χ0v) is 22.7. The van der Waals surface area contributed by atoms with Gasteiger partial charge in [0, 0.05) is 19.0 Å². The molecule has 0 aromatic carbocycles. The first kappa shape index (κ1) is 26.2. The second-order valence-electron chi connectivity index (χ2n) is 13.4. The van der Waals surface area contributed by atoms with Crippen molar-refractivity contribution in [3.8, 4) is 0 Å². The van der Waals surface area contributed by atoms with Crippen LogP contribution < -0.4 is 10.8 Å². The van der Waals surface area contributed by atoms with Crippen LogP contribution in [0.5, 0.6) is 0 Å². The SMILES string of the molecule is CC(C)CCC[C@@H](C)[C@H]1CC[C@H]2[C@@H]3CC=C4C[C@@H](C(=O)NCCNO)CC[C@]4(C)[C@H]3CC[C@]12C. The normalized spacial score (nSPS) is 40.2. The van der Waals surface area contributed by atoms with E-state index in [1.165, 1.54) is 51.4 Å². The van der Waals surface area contributed by atoms with Crippen LogP contribution >= 0.6 is 0 Å². The molecule has 0 aromatic rings. The van der Waals surface area contributed by atoms with Gasteiger partial charge in [-0.2, -0.15) is 0 Å². The van der Waals surface area contributed by atoms with E-state index < -0.39 is 0 Å². The molecule has 34 heavy (non-hydrogen) atoms. The van der Waals surface area contributed by atoms with Crippen LogP contribution in [-0.2, 0) is 4.79 Å². The highest BCUT2D eigenvalue weighted by Gasteiger charge is 2.59. The van der Waals surface area contributed by atoms with E-state index in [0.717, 1.165) is 54.8 Å². The van der Waals surface area contributed by atoms with Gasteiger partial charge >= 0.3 is 0 Å². The number of carbonyl (C=O) groups excluding carboxylic acids is 1. The highest BCUT2D eigenvalue weighted by atomic mass is 16.5. The Hall–Kier alpha value is -0.870. The third-order valence-corrected chi connectivity index (χ3v) is 11.2. The van der Waals surface area contributed by atoms with Gasteiger partial charge in [-0.25, -0.2) is 5.48 Å². The number of nitrogens with one attached hydrogen (secondary N) is 2. The third kappa shape index (κ3) is 4.88. The van der Waals surface area contributed by atoms with Gasteiger partial charge in [-0.1, -0.05) is 65.5 Å². The summed E-state index contributed by atoms with van der Waals surface area (Å²) in [5, 5.41) is 11.8. The Morgan fingerprint density at radius 3 is 2.59 bits per heavy atom. The lowest BCUT2D eigenvalue weighted by molar-refractivity contribution is -0.126. The van der Waals surface area contributed by atoms with E-state index in [1.54, 1.807) is 5.57 Å². The third-order valence-electron chi connectivity index (χ3n) is 11.2. The standard InChI is InChI=1S/C30H52N2O2/c1-20(2)7-6-8-21(3)25-11-12-26-24-10-9-23-19-22(28(33)31-17-18-32-34)13-15-29(23,4)27(24)14-16-30(25,26)5/h9,20-22,24-27,32,34H,6-8,10-19H2,1-5H3,(H,31,33)/t21-,22+,24+,25-,26+,27+,29+,30-/m1/s1. The van der Waals surface area contributed by atoms with Crippen molar-refractivity contribution in [3.05, 3.63) is 11.6 Å². The molecule has 4 nitrogen and oxygen atoms in total. The molecule has 0 bridgehead atoms. The number of carbonyl (C=O) groups is 1. The molecule has 0 saturated heterocycles. The maximum atomic E-state index is 12.7. The van der Waals surface area contributed by atoms with Gasteiger partial charge in [-0.15, -0.1) is 0 Å². The number of hydroxylamine groups is 1. The van der Waals surface area contributed by atoms with Gasteiger partial charge in [0.2, 0.25) is 5.91 Å². The Morgan fingerprint density at radius 2 is 1.85 bits per heavy atom. The van der Waals surface area contributed by atoms with Crippen molar-refractivity contribution in [1.29, 1.82) is 0 Å². The molecule has 0 spiro atoms. The Morgan fingerprint density at radius 1 is 1.06 bits per heavy atom. The fourth-order valence-electron chi connectivity index (χ4n) is 9.30. The van der Waals surface area contributed by atoms with Gasteiger partial charge in [-0.3, -0.25) is 4.79 Å². The zero-order chi connectivity index (χ0) is 24.5. The van der Waals surface area contributed by atoms with Crippen molar-refractivity contribution in [1.82, 2.24) is 10.8 Å². The average molecular weight is 473 g/mol. The molecule has 0 heterocycles. The molecule has 3 fully saturated rings. The lowest BCUT2D eigenvalue weighted by atomic mass is 9.46. The predicted molar refractivity (Wildman–Crippen MR) is 139 cm³/mol. The Balaban J connectivity index is 1.42. The van der Waals surface area contributed by atoms with Gasteiger partial charge in [0.25, 0.3) is 0 Å². The number of amides is 1. The number of hydrogen-bond acceptors (Lipinski definition) is 3. The number of fused-ring (bicyclic) bond motifs is 5. The molecule has 3 saturated carbocycles.